The van der Waals surface area contributed by atoms with Crippen molar-refractivity contribution in [1.29, 1.82) is 0 Å². The molecule has 2 aliphatic heterocycles. The summed E-state index contributed by atoms with van der Waals surface area (Å²) < 4.78 is 0. The smallest absolute Gasteiger partial charge is 0.245 e. The Bertz CT molecular complexity index is 356. The van der Waals surface area contributed by atoms with Gasteiger partial charge >= 0.3 is 0 Å². The quantitative estimate of drug-likeness (QED) is 0.614. The molecule has 0 aromatic heterocycles. The van der Waals surface area contributed by atoms with Gasteiger partial charge in [-0.3, -0.25) is 15.0 Å². The van der Waals surface area contributed by atoms with Crippen LogP contribution in [-0.2, 0) is 4.79 Å². The predicted octanol–water partition coefficient (Wildman–Crippen LogP) is 1.36. The lowest BCUT2D eigenvalue weighted by Crippen LogP contribution is -2.52. The molecule has 0 bridgehead atoms. The molecule has 0 saturated carbocycles. The summed E-state index contributed by atoms with van der Waals surface area (Å²) in [5, 5.41) is 3.70. The number of piperidine rings is 1. The first-order valence-electron chi connectivity index (χ1n) is 7.21. The molecule has 1 amide bonds. The van der Waals surface area contributed by atoms with Crippen LogP contribution in [0.5, 0.6) is 0 Å². The van der Waals surface area contributed by atoms with Gasteiger partial charge in [0.15, 0.2) is 0 Å². The van der Waals surface area contributed by atoms with Crippen LogP contribution in [0.4, 0.5) is 0 Å². The first-order valence-corrected chi connectivity index (χ1v) is 7.21. The Morgan fingerprint density at radius 3 is 2.68 bits per heavy atom. The maximum atomic E-state index is 11.5. The van der Waals surface area contributed by atoms with Gasteiger partial charge in [-0.15, -0.1) is 0 Å². The van der Waals surface area contributed by atoms with E-state index in [1.54, 1.807) is 0 Å². The molecule has 1 fully saturated rings. The van der Waals surface area contributed by atoms with Crippen molar-refractivity contribution < 1.29 is 4.79 Å². The Kier molecular flexibility index (Phi) is 4.77. The Labute approximate surface area is 116 Å². The highest BCUT2D eigenvalue weighted by atomic mass is 16.2. The molecular formula is C15H25N3O. The zero-order chi connectivity index (χ0) is 13.8. The van der Waals surface area contributed by atoms with Gasteiger partial charge in [-0.2, -0.15) is 0 Å². The lowest BCUT2D eigenvalue weighted by Gasteiger charge is -2.36. The molecule has 19 heavy (non-hydrogen) atoms. The first kappa shape index (κ1) is 14.3. The third-order valence-electron chi connectivity index (χ3n) is 4.04. The van der Waals surface area contributed by atoms with Crippen LogP contribution >= 0.6 is 0 Å². The Hall–Kier alpha value is -1.13. The molecule has 2 rings (SSSR count). The predicted molar refractivity (Wildman–Crippen MR) is 77.7 cm³/mol. The van der Waals surface area contributed by atoms with Crippen LogP contribution < -0.4 is 5.32 Å². The fraction of sp³-hybridized carbons (Fsp3) is 0.667. The van der Waals surface area contributed by atoms with Crippen LogP contribution in [0.3, 0.4) is 0 Å². The van der Waals surface area contributed by atoms with Crippen molar-refractivity contribution in [1.82, 2.24) is 15.1 Å². The van der Waals surface area contributed by atoms with Gasteiger partial charge in [0.2, 0.25) is 5.91 Å². The maximum absolute atomic E-state index is 11.5. The van der Waals surface area contributed by atoms with Crippen molar-refractivity contribution >= 4 is 5.91 Å². The van der Waals surface area contributed by atoms with Crippen molar-refractivity contribution in [2.45, 2.75) is 44.9 Å². The van der Waals surface area contributed by atoms with Crippen LogP contribution in [0.15, 0.2) is 24.8 Å². The molecule has 0 spiro atoms. The molecule has 1 saturated heterocycles. The molecule has 1 N–H and O–H groups in total. The normalized spacial score (nSPS) is 25.2. The second-order valence-corrected chi connectivity index (χ2v) is 5.63. The molecule has 4 heteroatoms. The van der Waals surface area contributed by atoms with E-state index in [2.05, 4.69) is 42.8 Å². The van der Waals surface area contributed by atoms with E-state index in [0.29, 0.717) is 18.2 Å². The van der Waals surface area contributed by atoms with E-state index in [1.807, 2.05) is 4.90 Å². The molecule has 1 atom stereocenters. The van der Waals surface area contributed by atoms with Crippen molar-refractivity contribution in [3.05, 3.63) is 24.8 Å². The number of nitrogens with one attached hydrogen (secondary N) is 1. The van der Waals surface area contributed by atoms with Gasteiger partial charge in [0.05, 0.1) is 6.17 Å². The summed E-state index contributed by atoms with van der Waals surface area (Å²) in [6.07, 6.45) is 8.29. The van der Waals surface area contributed by atoms with Crippen molar-refractivity contribution in [2.75, 3.05) is 19.6 Å². The van der Waals surface area contributed by atoms with Crippen molar-refractivity contribution in [3.8, 4) is 0 Å². The van der Waals surface area contributed by atoms with E-state index in [4.69, 9.17) is 0 Å². The van der Waals surface area contributed by atoms with Gasteiger partial charge in [0.25, 0.3) is 0 Å². The van der Waals surface area contributed by atoms with Crippen LogP contribution in [0.25, 0.3) is 0 Å². The highest BCUT2D eigenvalue weighted by Gasteiger charge is 2.27. The summed E-state index contributed by atoms with van der Waals surface area (Å²) in [5.41, 5.74) is 0. The average molecular weight is 263 g/mol. The van der Waals surface area contributed by atoms with E-state index >= 15 is 0 Å². The molecule has 1 unspecified atom stereocenters. The molecule has 106 valence electrons. The zero-order valence-corrected chi connectivity index (χ0v) is 12.0. The van der Waals surface area contributed by atoms with E-state index in [-0.39, 0.29) is 5.91 Å². The number of hydrogen-bond acceptors (Lipinski definition) is 3. The molecule has 0 aromatic carbocycles. The second-order valence-electron chi connectivity index (χ2n) is 5.63. The monoisotopic (exact) mass is 263 g/mol. The number of likely N-dealkylation sites (tertiary alicyclic amines) is 1. The van der Waals surface area contributed by atoms with Crippen LogP contribution in [0.1, 0.15) is 26.7 Å². The molecular weight excluding hydrogens is 238 g/mol. The van der Waals surface area contributed by atoms with Crippen LogP contribution in [0.2, 0.25) is 0 Å². The summed E-state index contributed by atoms with van der Waals surface area (Å²) in [5.74, 6) is 0.0584. The number of carbonyl (C=O) groups excluding carboxylic acids is 1. The standard InChI is InChI=1S/C15H25N3O/c1-4-15(19)17-10-7-13(8-11-17)16-14-6-5-9-18(14)12(2)3/h4-6,12-14,16H,1,7-11H2,2-3H3. The Balaban J connectivity index is 1.81. The Morgan fingerprint density at radius 1 is 1.42 bits per heavy atom. The summed E-state index contributed by atoms with van der Waals surface area (Å²) in [6.45, 7) is 10.7. The minimum atomic E-state index is 0.0584. The number of carbonyl (C=O) groups is 1. The minimum Gasteiger partial charge on any atom is -0.339 e. The molecule has 4 nitrogen and oxygen atoms in total. The number of rotatable bonds is 4. The molecule has 0 radical (unpaired) electrons. The third kappa shape index (κ3) is 3.45. The highest BCUT2D eigenvalue weighted by Crippen LogP contribution is 2.16. The molecule has 0 aromatic rings. The number of nitrogens with zero attached hydrogens (tertiary/aromatic N) is 2. The maximum Gasteiger partial charge on any atom is 0.245 e. The Morgan fingerprint density at radius 2 is 2.11 bits per heavy atom. The number of hydrogen-bond donors (Lipinski definition) is 1. The highest BCUT2D eigenvalue weighted by molar-refractivity contribution is 5.87. The molecule has 2 aliphatic rings. The van der Waals surface area contributed by atoms with E-state index in [0.717, 1.165) is 32.5 Å². The van der Waals surface area contributed by atoms with Gasteiger partial charge in [0, 0.05) is 31.7 Å². The summed E-state index contributed by atoms with van der Waals surface area (Å²) in [4.78, 5) is 15.9. The van der Waals surface area contributed by atoms with Gasteiger partial charge in [-0.1, -0.05) is 18.7 Å². The van der Waals surface area contributed by atoms with Crippen LogP contribution in [0, 0.1) is 0 Å². The lowest BCUT2D eigenvalue weighted by atomic mass is 10.0. The van der Waals surface area contributed by atoms with Crippen molar-refractivity contribution in [3.63, 3.8) is 0 Å². The van der Waals surface area contributed by atoms with Gasteiger partial charge in [-0.25, -0.2) is 0 Å². The van der Waals surface area contributed by atoms with E-state index in [1.165, 1.54) is 6.08 Å². The topological polar surface area (TPSA) is 35.6 Å². The SMILES string of the molecule is C=CC(=O)N1CCC(NC2C=CCN2C(C)C)CC1. The summed E-state index contributed by atoms with van der Waals surface area (Å²) >= 11 is 0. The fourth-order valence-corrected chi connectivity index (χ4v) is 2.86. The minimum absolute atomic E-state index is 0.0584. The zero-order valence-electron chi connectivity index (χ0n) is 12.0. The van der Waals surface area contributed by atoms with Gasteiger partial charge in [-0.05, 0) is 32.8 Å². The molecule has 0 aliphatic carbocycles. The first-order chi connectivity index (χ1) is 9.11. The van der Waals surface area contributed by atoms with Gasteiger partial charge < -0.3 is 4.90 Å². The lowest BCUT2D eigenvalue weighted by molar-refractivity contribution is -0.127. The number of amides is 1. The largest absolute Gasteiger partial charge is 0.339 e. The summed E-state index contributed by atoms with van der Waals surface area (Å²) in [6, 6.07) is 1.05. The van der Waals surface area contributed by atoms with Crippen LogP contribution in [-0.4, -0.2) is 53.6 Å². The van der Waals surface area contributed by atoms with E-state index in [9.17, 15) is 4.79 Å². The fourth-order valence-electron chi connectivity index (χ4n) is 2.86. The molecule has 2 heterocycles. The van der Waals surface area contributed by atoms with Crippen molar-refractivity contribution in [2.24, 2.45) is 0 Å². The summed E-state index contributed by atoms with van der Waals surface area (Å²) in [7, 11) is 0. The van der Waals surface area contributed by atoms with E-state index < -0.39 is 0 Å². The second kappa shape index (κ2) is 6.35. The average Bonchev–Trinajstić information content (AvgIpc) is 2.87. The third-order valence-corrected chi connectivity index (χ3v) is 4.04. The van der Waals surface area contributed by atoms with Gasteiger partial charge in [0.1, 0.15) is 0 Å².